The number of thioether (sulfide) groups is 1. The van der Waals surface area contributed by atoms with E-state index in [1.807, 2.05) is 13.0 Å². The van der Waals surface area contributed by atoms with E-state index in [2.05, 4.69) is 15.2 Å². The summed E-state index contributed by atoms with van der Waals surface area (Å²) in [5.74, 6) is -0.000966. The van der Waals surface area contributed by atoms with Crippen molar-refractivity contribution in [3.8, 4) is 0 Å². The molecule has 2 heterocycles. The van der Waals surface area contributed by atoms with Gasteiger partial charge in [-0.2, -0.15) is 13.2 Å². The number of nitrogens with one attached hydrogen (secondary N) is 1. The maximum absolute atomic E-state index is 14.1. The number of carbonyl (C=O) groups excluding carboxylic acids is 1. The number of aromatic nitrogens is 1. The number of aryl methyl sites for hydroxylation is 1. The molecule has 1 aliphatic rings. The lowest BCUT2D eigenvalue weighted by molar-refractivity contribution is -0.137. The van der Waals surface area contributed by atoms with E-state index in [0.29, 0.717) is 48.7 Å². The van der Waals surface area contributed by atoms with Crippen molar-refractivity contribution >= 4 is 23.5 Å². The van der Waals surface area contributed by atoms with Crippen molar-refractivity contribution in [3.63, 3.8) is 0 Å². The maximum Gasteiger partial charge on any atom is 0.416 e. The number of hydrogen-bond donors (Lipinski definition) is 1. The van der Waals surface area contributed by atoms with Crippen LogP contribution in [0.3, 0.4) is 0 Å². The number of alkyl halides is 3. The first-order valence-corrected chi connectivity index (χ1v) is 10.8. The highest BCUT2D eigenvalue weighted by molar-refractivity contribution is 7.99. The van der Waals surface area contributed by atoms with Crippen molar-refractivity contribution in [2.75, 3.05) is 37.0 Å². The predicted octanol–water partition coefficient (Wildman–Crippen LogP) is 4.43. The van der Waals surface area contributed by atoms with Gasteiger partial charge in [-0.3, -0.25) is 4.79 Å². The second kappa shape index (κ2) is 9.86. The standard InChI is InChI=1S/C21H23F4N3O2S/c1-3-31-20-18(13(2)10-17(27-20)28-6-8-30-9-7-28)19(29)26-12-14-4-5-15(11-16(14)22)21(23,24)25/h4-5,10-11H,3,6-9,12H2,1-2H3,(H,26,29). The molecule has 1 amide bonds. The molecular formula is C21H23F4N3O2S. The summed E-state index contributed by atoms with van der Waals surface area (Å²) in [5.41, 5.74) is 0.0102. The van der Waals surface area contributed by atoms with Gasteiger partial charge in [-0.15, -0.1) is 11.8 Å². The number of hydrogen-bond acceptors (Lipinski definition) is 5. The number of carbonyl (C=O) groups is 1. The fraction of sp³-hybridized carbons (Fsp3) is 0.429. The third-order valence-corrected chi connectivity index (χ3v) is 5.69. The number of amides is 1. The summed E-state index contributed by atoms with van der Waals surface area (Å²) in [6.45, 7) is 6.16. The molecule has 5 nitrogen and oxygen atoms in total. The van der Waals surface area contributed by atoms with Gasteiger partial charge in [0.05, 0.1) is 24.3 Å². The van der Waals surface area contributed by atoms with Crippen LogP contribution in [0.1, 0.15) is 34.0 Å². The van der Waals surface area contributed by atoms with Crippen LogP contribution >= 0.6 is 11.8 Å². The topological polar surface area (TPSA) is 54.5 Å². The highest BCUT2D eigenvalue weighted by Gasteiger charge is 2.31. The van der Waals surface area contributed by atoms with Crippen LogP contribution in [0, 0.1) is 12.7 Å². The molecule has 0 radical (unpaired) electrons. The van der Waals surface area contributed by atoms with Crippen LogP contribution in [0.5, 0.6) is 0 Å². The zero-order valence-corrected chi connectivity index (χ0v) is 18.0. The third-order valence-electron chi connectivity index (χ3n) is 4.83. The Morgan fingerprint density at radius 2 is 1.97 bits per heavy atom. The van der Waals surface area contributed by atoms with Crippen molar-refractivity contribution in [2.24, 2.45) is 0 Å². The number of nitrogens with zero attached hydrogens (tertiary/aromatic N) is 2. The van der Waals surface area contributed by atoms with Gasteiger partial charge < -0.3 is 15.0 Å². The summed E-state index contributed by atoms with van der Waals surface area (Å²) in [7, 11) is 0. The molecule has 1 N–H and O–H groups in total. The molecule has 1 aromatic heterocycles. The van der Waals surface area contributed by atoms with Crippen molar-refractivity contribution in [1.82, 2.24) is 10.3 Å². The van der Waals surface area contributed by atoms with Gasteiger partial charge in [0.15, 0.2) is 0 Å². The van der Waals surface area contributed by atoms with Gasteiger partial charge in [0.1, 0.15) is 16.7 Å². The number of anilines is 1. The Morgan fingerprint density at radius 3 is 2.58 bits per heavy atom. The normalized spacial score (nSPS) is 14.6. The molecule has 10 heteroatoms. The molecule has 168 valence electrons. The third kappa shape index (κ3) is 5.68. The van der Waals surface area contributed by atoms with Gasteiger partial charge in [-0.1, -0.05) is 13.0 Å². The minimum atomic E-state index is -4.63. The molecule has 0 spiro atoms. The van der Waals surface area contributed by atoms with Crippen LogP contribution in [0.15, 0.2) is 29.3 Å². The molecule has 3 rings (SSSR count). The van der Waals surface area contributed by atoms with E-state index >= 15 is 0 Å². The SMILES string of the molecule is CCSc1nc(N2CCOCC2)cc(C)c1C(=O)NCc1ccc(C(F)(F)F)cc1F. The van der Waals surface area contributed by atoms with E-state index in [0.717, 1.165) is 23.5 Å². The van der Waals surface area contributed by atoms with Gasteiger partial charge in [-0.05, 0) is 36.4 Å². The first-order valence-electron chi connectivity index (χ1n) is 9.81. The van der Waals surface area contributed by atoms with Crippen LogP contribution in [-0.4, -0.2) is 42.9 Å². The molecule has 1 aliphatic heterocycles. The average molecular weight is 457 g/mol. The monoisotopic (exact) mass is 457 g/mol. The van der Waals surface area contributed by atoms with Crippen LogP contribution < -0.4 is 10.2 Å². The number of halogens is 4. The van der Waals surface area contributed by atoms with Gasteiger partial charge in [-0.25, -0.2) is 9.37 Å². The molecular weight excluding hydrogens is 434 g/mol. The summed E-state index contributed by atoms with van der Waals surface area (Å²) >= 11 is 1.42. The van der Waals surface area contributed by atoms with Gasteiger partial charge in [0, 0.05) is 25.2 Å². The number of morpholine rings is 1. The van der Waals surface area contributed by atoms with Crippen LogP contribution in [0.25, 0.3) is 0 Å². The Labute approximate surface area is 182 Å². The fourth-order valence-corrected chi connectivity index (χ4v) is 4.06. The molecule has 0 unspecified atom stereocenters. The summed E-state index contributed by atoms with van der Waals surface area (Å²) < 4.78 is 57.6. The summed E-state index contributed by atoms with van der Waals surface area (Å²) in [6.07, 6.45) is -4.63. The van der Waals surface area contributed by atoms with Gasteiger partial charge in [0.2, 0.25) is 0 Å². The largest absolute Gasteiger partial charge is 0.416 e. The first-order chi connectivity index (χ1) is 14.7. The summed E-state index contributed by atoms with van der Waals surface area (Å²) in [4.78, 5) is 19.6. The van der Waals surface area contributed by atoms with E-state index in [1.165, 1.54) is 11.8 Å². The van der Waals surface area contributed by atoms with E-state index in [9.17, 15) is 22.4 Å². The van der Waals surface area contributed by atoms with Gasteiger partial charge >= 0.3 is 6.18 Å². The van der Waals surface area contributed by atoms with Crippen LogP contribution in [-0.2, 0) is 17.5 Å². The first kappa shape index (κ1) is 23.3. The number of rotatable bonds is 6. The fourth-order valence-electron chi connectivity index (χ4n) is 3.23. The average Bonchev–Trinajstić information content (AvgIpc) is 2.72. The highest BCUT2D eigenvalue weighted by Crippen LogP contribution is 2.31. The lowest BCUT2D eigenvalue weighted by Crippen LogP contribution is -2.37. The van der Waals surface area contributed by atoms with Crippen molar-refractivity contribution < 1.29 is 27.1 Å². The summed E-state index contributed by atoms with van der Waals surface area (Å²) in [5, 5.41) is 3.17. The number of pyridine rings is 1. The van der Waals surface area contributed by atoms with Crippen molar-refractivity contribution in [2.45, 2.75) is 31.6 Å². The van der Waals surface area contributed by atoms with Gasteiger partial charge in [0.25, 0.3) is 5.91 Å². The second-order valence-electron chi connectivity index (χ2n) is 7.00. The molecule has 0 bridgehead atoms. The minimum absolute atomic E-state index is 0.0263. The van der Waals surface area contributed by atoms with E-state index in [4.69, 9.17) is 4.74 Å². The Morgan fingerprint density at radius 1 is 1.26 bits per heavy atom. The Hall–Kier alpha value is -2.33. The van der Waals surface area contributed by atoms with E-state index < -0.39 is 23.5 Å². The van der Waals surface area contributed by atoms with E-state index in [-0.39, 0.29) is 12.1 Å². The predicted molar refractivity (Wildman–Crippen MR) is 111 cm³/mol. The van der Waals surface area contributed by atoms with Crippen LogP contribution in [0.2, 0.25) is 0 Å². The molecule has 2 aromatic rings. The maximum atomic E-state index is 14.1. The number of ether oxygens (including phenoxy) is 1. The second-order valence-corrected chi connectivity index (χ2v) is 8.25. The quantitative estimate of drug-likeness (QED) is 0.514. The smallest absolute Gasteiger partial charge is 0.378 e. The number of benzene rings is 1. The lowest BCUT2D eigenvalue weighted by Gasteiger charge is -2.28. The molecule has 1 fully saturated rings. The van der Waals surface area contributed by atoms with Crippen molar-refractivity contribution in [1.29, 1.82) is 0 Å². The van der Waals surface area contributed by atoms with Crippen LogP contribution in [0.4, 0.5) is 23.4 Å². The molecule has 0 aliphatic carbocycles. The zero-order chi connectivity index (χ0) is 22.6. The lowest BCUT2D eigenvalue weighted by atomic mass is 10.1. The zero-order valence-electron chi connectivity index (χ0n) is 17.2. The Bertz CT molecular complexity index is 947. The highest BCUT2D eigenvalue weighted by atomic mass is 32.2. The molecule has 31 heavy (non-hydrogen) atoms. The van der Waals surface area contributed by atoms with E-state index in [1.54, 1.807) is 6.92 Å². The van der Waals surface area contributed by atoms with Crippen molar-refractivity contribution in [3.05, 3.63) is 52.3 Å². The minimum Gasteiger partial charge on any atom is -0.378 e. The molecule has 0 saturated carbocycles. The summed E-state index contributed by atoms with van der Waals surface area (Å²) in [6, 6.07) is 4.10. The Balaban J connectivity index is 1.79. The molecule has 1 saturated heterocycles. The molecule has 1 aromatic carbocycles. The Kier molecular flexibility index (Phi) is 7.42. The molecule has 0 atom stereocenters.